The topological polar surface area (TPSA) is 64.7 Å². The summed E-state index contributed by atoms with van der Waals surface area (Å²) in [5, 5.41) is 9.26. The van der Waals surface area contributed by atoms with Crippen LogP contribution < -0.4 is 15.9 Å². The second-order valence-electron chi connectivity index (χ2n) is 3.98. The minimum Gasteiger partial charge on any atom is -0.497 e. The Kier molecular flexibility index (Phi) is 5.48. The molecule has 0 aliphatic carbocycles. The molecule has 3 N–H and O–H groups in total. The Hall–Kier alpha value is -1.04. The second-order valence-corrected chi connectivity index (χ2v) is 3.98. The molecule has 1 aromatic carbocycles. The molecule has 0 fully saturated rings. The SMILES string of the molecule is COc1cc(C)c(CO)cc1B(C)OCCN. The van der Waals surface area contributed by atoms with Crippen molar-refractivity contribution >= 4 is 12.4 Å². The van der Waals surface area contributed by atoms with Crippen LogP contribution in [-0.2, 0) is 11.3 Å². The van der Waals surface area contributed by atoms with Crippen molar-refractivity contribution in [2.24, 2.45) is 5.73 Å². The molecule has 1 rings (SSSR count). The monoisotopic (exact) mass is 237 g/mol. The Balaban J connectivity index is 3.02. The van der Waals surface area contributed by atoms with Crippen molar-refractivity contribution in [3.63, 3.8) is 0 Å². The molecule has 0 aliphatic rings. The summed E-state index contributed by atoms with van der Waals surface area (Å²) >= 11 is 0. The highest BCUT2D eigenvalue weighted by molar-refractivity contribution is 6.67. The zero-order valence-electron chi connectivity index (χ0n) is 10.7. The highest BCUT2D eigenvalue weighted by atomic mass is 16.5. The molecule has 0 amide bonds. The van der Waals surface area contributed by atoms with Crippen LogP contribution in [0.2, 0.25) is 6.82 Å². The van der Waals surface area contributed by atoms with Gasteiger partial charge in [0.05, 0.1) is 13.7 Å². The van der Waals surface area contributed by atoms with Crippen LogP contribution in [0, 0.1) is 6.92 Å². The average molecular weight is 237 g/mol. The van der Waals surface area contributed by atoms with E-state index < -0.39 is 0 Å². The minimum atomic E-state index is -0.0978. The van der Waals surface area contributed by atoms with Gasteiger partial charge in [-0.2, -0.15) is 0 Å². The summed E-state index contributed by atoms with van der Waals surface area (Å²) < 4.78 is 10.9. The van der Waals surface area contributed by atoms with Crippen molar-refractivity contribution in [2.45, 2.75) is 20.4 Å². The smallest absolute Gasteiger partial charge is 0.327 e. The summed E-state index contributed by atoms with van der Waals surface area (Å²) in [4.78, 5) is 0. The maximum Gasteiger partial charge on any atom is 0.327 e. The Morgan fingerprint density at radius 3 is 2.65 bits per heavy atom. The Morgan fingerprint density at radius 1 is 1.41 bits per heavy atom. The van der Waals surface area contributed by atoms with E-state index in [4.69, 9.17) is 15.1 Å². The van der Waals surface area contributed by atoms with Crippen LogP contribution in [0.1, 0.15) is 11.1 Å². The van der Waals surface area contributed by atoms with Gasteiger partial charge in [-0.15, -0.1) is 0 Å². The molecule has 0 bridgehead atoms. The lowest BCUT2D eigenvalue weighted by Gasteiger charge is -2.16. The first-order chi connectivity index (χ1) is 8.13. The number of aliphatic hydroxyl groups excluding tert-OH is 1. The molecule has 5 heteroatoms. The van der Waals surface area contributed by atoms with Crippen molar-refractivity contribution < 1.29 is 14.5 Å². The molecule has 0 aromatic heterocycles. The summed E-state index contributed by atoms with van der Waals surface area (Å²) in [6.45, 7) is 4.82. The van der Waals surface area contributed by atoms with E-state index in [1.165, 1.54) is 0 Å². The molecule has 94 valence electrons. The number of rotatable bonds is 6. The van der Waals surface area contributed by atoms with Crippen molar-refractivity contribution in [1.82, 2.24) is 0 Å². The third kappa shape index (κ3) is 3.46. The number of hydrogen-bond acceptors (Lipinski definition) is 4. The lowest BCUT2D eigenvalue weighted by molar-refractivity contribution is 0.281. The van der Waals surface area contributed by atoms with Gasteiger partial charge in [-0.3, -0.25) is 0 Å². The molecule has 0 saturated carbocycles. The van der Waals surface area contributed by atoms with Crippen molar-refractivity contribution in [2.75, 3.05) is 20.3 Å². The quantitative estimate of drug-likeness (QED) is 0.698. The summed E-state index contributed by atoms with van der Waals surface area (Å²) in [7, 11) is 1.63. The molecule has 0 radical (unpaired) electrons. The normalized spacial score (nSPS) is 10.4. The van der Waals surface area contributed by atoms with E-state index in [9.17, 15) is 5.11 Å². The van der Waals surface area contributed by atoms with E-state index in [1.54, 1.807) is 7.11 Å². The summed E-state index contributed by atoms with van der Waals surface area (Å²) in [5.41, 5.74) is 8.26. The first kappa shape index (κ1) is 14.0. The van der Waals surface area contributed by atoms with E-state index in [-0.39, 0.29) is 13.5 Å². The van der Waals surface area contributed by atoms with Crippen LogP contribution in [0.25, 0.3) is 0 Å². The third-order valence-electron chi connectivity index (χ3n) is 2.78. The van der Waals surface area contributed by atoms with Gasteiger partial charge in [0.15, 0.2) is 0 Å². The van der Waals surface area contributed by atoms with Crippen LogP contribution in [0.5, 0.6) is 5.75 Å². The predicted octanol–water partition coefficient (Wildman–Crippen LogP) is 0.300. The van der Waals surface area contributed by atoms with Gasteiger partial charge in [0.2, 0.25) is 0 Å². The van der Waals surface area contributed by atoms with E-state index in [0.717, 1.165) is 22.3 Å². The Bertz CT molecular complexity index is 371. The summed E-state index contributed by atoms with van der Waals surface area (Å²) in [6, 6.07) is 3.85. The van der Waals surface area contributed by atoms with Crippen LogP contribution in [0.3, 0.4) is 0 Å². The van der Waals surface area contributed by atoms with E-state index in [0.29, 0.717) is 13.2 Å². The van der Waals surface area contributed by atoms with Gasteiger partial charge in [-0.05, 0) is 29.6 Å². The highest BCUT2D eigenvalue weighted by Gasteiger charge is 2.18. The number of benzene rings is 1. The molecule has 0 unspecified atom stereocenters. The van der Waals surface area contributed by atoms with Gasteiger partial charge in [-0.25, -0.2) is 0 Å². The lowest BCUT2D eigenvalue weighted by Crippen LogP contribution is -2.33. The van der Waals surface area contributed by atoms with Gasteiger partial charge in [-0.1, -0.05) is 12.9 Å². The maximum absolute atomic E-state index is 9.26. The number of ether oxygens (including phenoxy) is 1. The Labute approximate surface area is 103 Å². The fraction of sp³-hybridized carbons (Fsp3) is 0.500. The molecule has 0 atom stereocenters. The first-order valence-electron chi connectivity index (χ1n) is 5.74. The molecule has 17 heavy (non-hydrogen) atoms. The summed E-state index contributed by atoms with van der Waals surface area (Å²) in [6.07, 6.45) is 0. The van der Waals surface area contributed by atoms with Crippen molar-refractivity contribution in [3.8, 4) is 5.75 Å². The average Bonchev–Trinajstić information content (AvgIpc) is 2.35. The molecule has 0 spiro atoms. The maximum atomic E-state index is 9.26. The van der Waals surface area contributed by atoms with Crippen LogP contribution >= 0.6 is 0 Å². The van der Waals surface area contributed by atoms with Gasteiger partial charge in [0, 0.05) is 13.2 Å². The van der Waals surface area contributed by atoms with Crippen LogP contribution in [0.4, 0.5) is 0 Å². The Morgan fingerprint density at radius 2 is 2.12 bits per heavy atom. The number of methoxy groups -OCH3 is 1. The molecular formula is C12H20BNO3. The number of aliphatic hydroxyl groups is 1. The third-order valence-corrected chi connectivity index (χ3v) is 2.78. The predicted molar refractivity (Wildman–Crippen MR) is 69.9 cm³/mol. The van der Waals surface area contributed by atoms with E-state index in [1.807, 2.05) is 25.9 Å². The second kappa shape index (κ2) is 6.64. The molecule has 0 heterocycles. The molecule has 0 aliphatic heterocycles. The molecule has 4 nitrogen and oxygen atoms in total. The number of aryl methyl sites for hydroxylation is 1. The highest BCUT2D eigenvalue weighted by Crippen LogP contribution is 2.16. The molecule has 1 aromatic rings. The molecular weight excluding hydrogens is 217 g/mol. The number of hydrogen-bond donors (Lipinski definition) is 2. The van der Waals surface area contributed by atoms with Crippen molar-refractivity contribution in [3.05, 3.63) is 23.3 Å². The fourth-order valence-electron chi connectivity index (χ4n) is 1.74. The largest absolute Gasteiger partial charge is 0.497 e. The van der Waals surface area contributed by atoms with Gasteiger partial charge in [0.1, 0.15) is 5.75 Å². The van der Waals surface area contributed by atoms with Crippen molar-refractivity contribution in [1.29, 1.82) is 0 Å². The molecule has 0 saturated heterocycles. The minimum absolute atomic E-state index is 0.0203. The van der Waals surface area contributed by atoms with Crippen LogP contribution in [-0.4, -0.2) is 32.3 Å². The number of nitrogens with two attached hydrogens (primary N) is 1. The zero-order valence-corrected chi connectivity index (χ0v) is 10.7. The van der Waals surface area contributed by atoms with E-state index >= 15 is 0 Å². The summed E-state index contributed by atoms with van der Waals surface area (Å²) in [5.74, 6) is 0.782. The van der Waals surface area contributed by atoms with Gasteiger partial charge in [0.25, 0.3) is 0 Å². The lowest BCUT2D eigenvalue weighted by atomic mass is 9.62. The van der Waals surface area contributed by atoms with E-state index in [2.05, 4.69) is 0 Å². The first-order valence-corrected chi connectivity index (χ1v) is 5.74. The zero-order chi connectivity index (χ0) is 12.8. The van der Waals surface area contributed by atoms with Gasteiger partial charge >= 0.3 is 6.92 Å². The van der Waals surface area contributed by atoms with Gasteiger partial charge < -0.3 is 20.2 Å². The fourth-order valence-corrected chi connectivity index (χ4v) is 1.74. The van der Waals surface area contributed by atoms with Crippen LogP contribution in [0.15, 0.2) is 12.1 Å². The standard InChI is InChI=1S/C12H20BNO3/c1-9-6-12(16-3)11(7-10(9)8-15)13(2)17-5-4-14/h6-7,15H,4-5,8,14H2,1-3H3.